The van der Waals surface area contributed by atoms with Gasteiger partial charge in [-0.3, -0.25) is 4.79 Å². The van der Waals surface area contributed by atoms with Crippen molar-refractivity contribution in [2.75, 3.05) is 19.6 Å². The number of likely N-dealkylation sites (tertiary alicyclic amines) is 1. The minimum absolute atomic E-state index is 0. The Balaban J connectivity index is 0.00000225. The van der Waals surface area contributed by atoms with Crippen molar-refractivity contribution >= 4 is 18.3 Å². The number of fused-ring (bicyclic) bond motifs is 1. The number of halogens is 4. The standard InChI is InChI=1S/C18H26F3N5O.ClH/c19-18(20,21)14-3-1-2-13(10-14)17(27)25-7-4-12(5-8-25)16-24-23-15-11-22-6-9-26(15)16;/h12-14,22H,1-11H2;1H. The van der Waals surface area contributed by atoms with Crippen molar-refractivity contribution in [3.05, 3.63) is 11.6 Å². The van der Waals surface area contributed by atoms with Crippen molar-refractivity contribution < 1.29 is 18.0 Å². The van der Waals surface area contributed by atoms with Crippen LogP contribution in [0.4, 0.5) is 13.2 Å². The van der Waals surface area contributed by atoms with Crippen LogP contribution in [0.3, 0.4) is 0 Å². The second kappa shape index (κ2) is 8.57. The molecular weight excluding hydrogens is 395 g/mol. The number of nitrogens with zero attached hydrogens (tertiary/aromatic N) is 4. The molecule has 6 nitrogen and oxygen atoms in total. The Morgan fingerprint density at radius 1 is 1.07 bits per heavy atom. The summed E-state index contributed by atoms with van der Waals surface area (Å²) in [5, 5.41) is 11.9. The number of aromatic nitrogens is 3. The molecule has 0 aromatic carbocycles. The first kappa shape index (κ1) is 21.4. The first-order valence-corrected chi connectivity index (χ1v) is 9.91. The fourth-order valence-corrected chi connectivity index (χ4v) is 4.74. The summed E-state index contributed by atoms with van der Waals surface area (Å²) in [6.07, 6.45) is -1.42. The highest BCUT2D eigenvalue weighted by atomic mass is 35.5. The summed E-state index contributed by atoms with van der Waals surface area (Å²) >= 11 is 0. The molecule has 0 radical (unpaired) electrons. The molecule has 158 valence electrons. The van der Waals surface area contributed by atoms with E-state index in [0.29, 0.717) is 25.9 Å². The molecule has 2 aliphatic heterocycles. The molecule has 0 bridgehead atoms. The number of piperidine rings is 1. The Hall–Kier alpha value is -1.35. The van der Waals surface area contributed by atoms with Crippen molar-refractivity contribution in [3.63, 3.8) is 0 Å². The summed E-state index contributed by atoms with van der Waals surface area (Å²) in [5.74, 6) is 0.323. The number of hydrogen-bond donors (Lipinski definition) is 1. The van der Waals surface area contributed by atoms with Gasteiger partial charge in [0.2, 0.25) is 5.91 Å². The van der Waals surface area contributed by atoms with Gasteiger partial charge in [0.15, 0.2) is 0 Å². The number of nitrogens with one attached hydrogen (secondary N) is 1. The van der Waals surface area contributed by atoms with Crippen LogP contribution in [0.2, 0.25) is 0 Å². The van der Waals surface area contributed by atoms with Crippen molar-refractivity contribution in [1.82, 2.24) is 25.0 Å². The van der Waals surface area contributed by atoms with E-state index >= 15 is 0 Å². The van der Waals surface area contributed by atoms with Gasteiger partial charge >= 0.3 is 6.18 Å². The average molecular weight is 422 g/mol. The van der Waals surface area contributed by atoms with Gasteiger partial charge in [0.25, 0.3) is 0 Å². The van der Waals surface area contributed by atoms with E-state index in [1.165, 1.54) is 0 Å². The molecule has 1 amide bonds. The van der Waals surface area contributed by atoms with Gasteiger partial charge in [-0.25, -0.2) is 0 Å². The van der Waals surface area contributed by atoms with Gasteiger partial charge in [-0.05, 0) is 32.1 Å². The van der Waals surface area contributed by atoms with E-state index in [2.05, 4.69) is 20.1 Å². The fraction of sp³-hybridized carbons (Fsp3) is 0.833. The summed E-state index contributed by atoms with van der Waals surface area (Å²) in [5.41, 5.74) is 0. The Kier molecular flexibility index (Phi) is 6.54. The SMILES string of the molecule is Cl.O=C(C1CCCC(C(F)(F)F)C1)N1CCC(c2nnc3n2CCNC3)CC1. The zero-order valence-electron chi connectivity index (χ0n) is 15.7. The van der Waals surface area contributed by atoms with Gasteiger partial charge in [-0.15, -0.1) is 22.6 Å². The number of alkyl halides is 3. The summed E-state index contributed by atoms with van der Waals surface area (Å²) in [6, 6.07) is 0. The number of rotatable bonds is 2. The van der Waals surface area contributed by atoms with Crippen LogP contribution >= 0.6 is 12.4 Å². The van der Waals surface area contributed by atoms with Crippen molar-refractivity contribution in [3.8, 4) is 0 Å². The lowest BCUT2D eigenvalue weighted by molar-refractivity contribution is -0.187. The number of carbonyl (C=O) groups is 1. The molecule has 3 aliphatic rings. The number of hydrogen-bond acceptors (Lipinski definition) is 4. The molecule has 1 saturated carbocycles. The van der Waals surface area contributed by atoms with Crippen LogP contribution in [0.25, 0.3) is 0 Å². The van der Waals surface area contributed by atoms with Crippen LogP contribution in [-0.2, 0) is 17.9 Å². The van der Waals surface area contributed by atoms with Crippen LogP contribution < -0.4 is 5.32 Å². The second-order valence-corrected chi connectivity index (χ2v) is 8.00. The second-order valence-electron chi connectivity index (χ2n) is 8.00. The highest BCUT2D eigenvalue weighted by Gasteiger charge is 2.44. The average Bonchev–Trinajstić information content (AvgIpc) is 3.11. The van der Waals surface area contributed by atoms with Crippen LogP contribution in [0.1, 0.15) is 56.1 Å². The quantitative estimate of drug-likeness (QED) is 0.797. The molecule has 28 heavy (non-hydrogen) atoms. The maximum Gasteiger partial charge on any atom is 0.391 e. The van der Waals surface area contributed by atoms with E-state index in [0.717, 1.165) is 44.1 Å². The molecule has 1 aliphatic carbocycles. The third-order valence-corrected chi connectivity index (χ3v) is 6.31. The Morgan fingerprint density at radius 2 is 1.82 bits per heavy atom. The molecule has 1 N–H and O–H groups in total. The van der Waals surface area contributed by atoms with E-state index in [1.54, 1.807) is 4.90 Å². The molecule has 2 fully saturated rings. The van der Waals surface area contributed by atoms with E-state index in [1.807, 2.05) is 0 Å². The molecule has 1 aromatic heterocycles. The van der Waals surface area contributed by atoms with Crippen molar-refractivity contribution in [1.29, 1.82) is 0 Å². The molecule has 3 heterocycles. The molecule has 2 atom stereocenters. The van der Waals surface area contributed by atoms with Gasteiger partial charge in [0, 0.05) is 38.0 Å². The lowest BCUT2D eigenvalue weighted by atomic mass is 9.80. The monoisotopic (exact) mass is 421 g/mol. The summed E-state index contributed by atoms with van der Waals surface area (Å²) in [4.78, 5) is 14.5. The predicted octanol–water partition coefficient (Wildman–Crippen LogP) is 2.88. The molecule has 0 spiro atoms. The zero-order chi connectivity index (χ0) is 19.0. The number of carbonyl (C=O) groups excluding carboxylic acids is 1. The van der Waals surface area contributed by atoms with Gasteiger partial charge in [0.05, 0.1) is 12.5 Å². The summed E-state index contributed by atoms with van der Waals surface area (Å²) < 4.78 is 41.2. The minimum atomic E-state index is -4.19. The third kappa shape index (κ3) is 4.30. The molecule has 1 aromatic rings. The predicted molar refractivity (Wildman–Crippen MR) is 99.0 cm³/mol. The molecule has 1 saturated heterocycles. The molecule has 2 unspecified atom stereocenters. The van der Waals surface area contributed by atoms with Crippen molar-refractivity contribution in [2.24, 2.45) is 11.8 Å². The Morgan fingerprint density at radius 3 is 2.54 bits per heavy atom. The number of amides is 1. The minimum Gasteiger partial charge on any atom is -0.342 e. The normalized spacial score (nSPS) is 26.5. The lowest BCUT2D eigenvalue weighted by Gasteiger charge is -2.37. The Labute approximate surface area is 168 Å². The largest absolute Gasteiger partial charge is 0.391 e. The highest BCUT2D eigenvalue weighted by Crippen LogP contribution is 2.41. The van der Waals surface area contributed by atoms with E-state index in [-0.39, 0.29) is 37.1 Å². The third-order valence-electron chi connectivity index (χ3n) is 6.31. The van der Waals surface area contributed by atoms with Gasteiger partial charge in [-0.2, -0.15) is 13.2 Å². The first-order chi connectivity index (χ1) is 12.9. The molecular formula is C18H27ClF3N5O. The van der Waals surface area contributed by atoms with Crippen LogP contribution in [0.5, 0.6) is 0 Å². The maximum atomic E-state index is 13.0. The first-order valence-electron chi connectivity index (χ1n) is 9.91. The fourth-order valence-electron chi connectivity index (χ4n) is 4.74. The van der Waals surface area contributed by atoms with Crippen LogP contribution in [-0.4, -0.2) is 51.4 Å². The zero-order valence-corrected chi connectivity index (χ0v) is 16.6. The lowest BCUT2D eigenvalue weighted by Crippen LogP contribution is -2.44. The Bertz CT molecular complexity index is 687. The smallest absolute Gasteiger partial charge is 0.342 e. The van der Waals surface area contributed by atoms with Gasteiger partial charge < -0.3 is 14.8 Å². The van der Waals surface area contributed by atoms with Crippen LogP contribution in [0, 0.1) is 11.8 Å². The van der Waals surface area contributed by atoms with Gasteiger partial charge in [0.1, 0.15) is 11.6 Å². The molecule has 4 rings (SSSR count). The van der Waals surface area contributed by atoms with E-state index < -0.39 is 18.0 Å². The van der Waals surface area contributed by atoms with E-state index in [4.69, 9.17) is 0 Å². The topological polar surface area (TPSA) is 63.1 Å². The van der Waals surface area contributed by atoms with E-state index in [9.17, 15) is 18.0 Å². The highest BCUT2D eigenvalue weighted by molar-refractivity contribution is 5.85. The molecule has 10 heteroatoms. The summed E-state index contributed by atoms with van der Waals surface area (Å²) in [7, 11) is 0. The summed E-state index contributed by atoms with van der Waals surface area (Å²) in [6.45, 7) is 3.68. The van der Waals surface area contributed by atoms with Crippen LogP contribution in [0.15, 0.2) is 0 Å². The van der Waals surface area contributed by atoms with Gasteiger partial charge in [-0.1, -0.05) is 6.42 Å². The van der Waals surface area contributed by atoms with Crippen molar-refractivity contribution in [2.45, 2.75) is 63.7 Å². The maximum absolute atomic E-state index is 13.0.